The van der Waals surface area contributed by atoms with Crippen molar-refractivity contribution < 1.29 is 9.59 Å². The summed E-state index contributed by atoms with van der Waals surface area (Å²) < 4.78 is 1.76. The number of amides is 2. The van der Waals surface area contributed by atoms with Gasteiger partial charge in [-0.15, -0.1) is 0 Å². The van der Waals surface area contributed by atoms with Gasteiger partial charge in [-0.1, -0.05) is 18.2 Å². The minimum Gasteiger partial charge on any atom is -0.347 e. The normalized spacial score (nSPS) is 15.8. The first-order chi connectivity index (χ1) is 11.6. The van der Waals surface area contributed by atoms with E-state index in [0.29, 0.717) is 24.4 Å². The van der Waals surface area contributed by atoms with Crippen molar-refractivity contribution in [3.05, 3.63) is 48.8 Å². The molecule has 1 aromatic carbocycles. The topological polar surface area (TPSA) is 79.6 Å². The number of hydrogen-bond acceptors (Lipinski definition) is 4. The van der Waals surface area contributed by atoms with Gasteiger partial charge in [0.25, 0.3) is 5.91 Å². The van der Waals surface area contributed by atoms with Crippen LogP contribution in [0, 0.1) is 0 Å². The van der Waals surface area contributed by atoms with Gasteiger partial charge in [0.15, 0.2) is 0 Å². The largest absolute Gasteiger partial charge is 0.347 e. The van der Waals surface area contributed by atoms with Crippen LogP contribution in [0.2, 0.25) is 0 Å². The van der Waals surface area contributed by atoms with Crippen LogP contribution in [0.25, 0.3) is 0 Å². The molecule has 0 saturated heterocycles. The average molecular weight is 325 g/mol. The number of hydrazone groups is 1. The number of nitrogens with one attached hydrogen (secondary N) is 1. The van der Waals surface area contributed by atoms with Gasteiger partial charge in [-0.3, -0.25) is 14.3 Å². The molecule has 0 bridgehead atoms. The number of aromatic nitrogens is 2. The lowest BCUT2D eigenvalue weighted by atomic mass is 10.1. The maximum absolute atomic E-state index is 12.4. The van der Waals surface area contributed by atoms with Crippen LogP contribution in [-0.2, 0) is 16.1 Å². The van der Waals surface area contributed by atoms with Crippen LogP contribution in [-0.4, -0.2) is 33.3 Å². The van der Waals surface area contributed by atoms with E-state index >= 15 is 0 Å². The first-order valence-electron chi connectivity index (χ1n) is 7.87. The summed E-state index contributed by atoms with van der Waals surface area (Å²) in [5, 5.41) is 12.6. The minimum absolute atomic E-state index is 0.0945. The number of hydrogen-bond donors (Lipinski definition) is 1. The first kappa shape index (κ1) is 15.9. The highest BCUT2D eigenvalue weighted by Crippen LogP contribution is 2.19. The summed E-state index contributed by atoms with van der Waals surface area (Å²) in [6, 6.07) is 10.9. The molecule has 1 aliphatic rings. The van der Waals surface area contributed by atoms with E-state index < -0.39 is 0 Å². The van der Waals surface area contributed by atoms with E-state index in [1.165, 1.54) is 5.01 Å². The average Bonchev–Trinajstić information content (AvgIpc) is 3.08. The Kier molecular flexibility index (Phi) is 4.69. The molecule has 1 aliphatic heterocycles. The van der Waals surface area contributed by atoms with Crippen molar-refractivity contribution in [3.8, 4) is 0 Å². The third-order valence-corrected chi connectivity index (χ3v) is 3.69. The summed E-state index contributed by atoms with van der Waals surface area (Å²) in [5.74, 6) is -0.356. The number of carbonyl (C=O) groups is 2. The Balaban J connectivity index is 1.68. The maximum atomic E-state index is 12.4. The molecule has 7 heteroatoms. The summed E-state index contributed by atoms with van der Waals surface area (Å²) in [4.78, 5) is 24.5. The van der Waals surface area contributed by atoms with Crippen molar-refractivity contribution in [1.29, 1.82) is 0 Å². The van der Waals surface area contributed by atoms with Crippen molar-refractivity contribution >= 4 is 23.2 Å². The summed E-state index contributed by atoms with van der Waals surface area (Å²) in [6.45, 7) is 2.48. The van der Waals surface area contributed by atoms with Crippen molar-refractivity contribution in [2.24, 2.45) is 5.10 Å². The van der Waals surface area contributed by atoms with Crippen molar-refractivity contribution in [2.45, 2.75) is 32.4 Å². The highest BCUT2D eigenvalue weighted by Gasteiger charge is 2.26. The van der Waals surface area contributed by atoms with Crippen LogP contribution in [0.15, 0.2) is 53.9 Å². The van der Waals surface area contributed by atoms with Gasteiger partial charge in [-0.2, -0.15) is 10.2 Å². The molecule has 124 valence electrons. The molecule has 7 nitrogen and oxygen atoms in total. The molecular formula is C17H19N5O2. The predicted molar refractivity (Wildman–Crippen MR) is 90.4 cm³/mol. The zero-order valence-corrected chi connectivity index (χ0v) is 13.4. The van der Waals surface area contributed by atoms with E-state index in [1.54, 1.807) is 23.0 Å². The molecule has 0 fully saturated rings. The van der Waals surface area contributed by atoms with Gasteiger partial charge < -0.3 is 5.32 Å². The lowest BCUT2D eigenvalue weighted by molar-refractivity contribution is -0.119. The van der Waals surface area contributed by atoms with E-state index in [4.69, 9.17) is 0 Å². The van der Waals surface area contributed by atoms with Crippen LogP contribution in [0.4, 0.5) is 5.69 Å². The fraction of sp³-hybridized carbons (Fsp3) is 0.294. The zero-order valence-electron chi connectivity index (χ0n) is 13.4. The third kappa shape index (κ3) is 3.68. The van der Waals surface area contributed by atoms with Crippen LogP contribution in [0.3, 0.4) is 0 Å². The minimum atomic E-state index is -0.247. The summed E-state index contributed by atoms with van der Waals surface area (Å²) in [7, 11) is 0. The molecule has 24 heavy (non-hydrogen) atoms. The number of anilines is 1. The number of carbonyl (C=O) groups excluding carboxylic acids is 2. The van der Waals surface area contributed by atoms with E-state index in [9.17, 15) is 9.59 Å². The highest BCUT2D eigenvalue weighted by molar-refractivity contribution is 6.40. The summed E-state index contributed by atoms with van der Waals surface area (Å²) >= 11 is 0. The Bertz CT molecular complexity index is 740. The third-order valence-electron chi connectivity index (χ3n) is 3.69. The SMILES string of the molecule is C[C@H](Cn1cccn1)NC(=O)C1=NN(c2ccccc2)C(=O)CC1. The second-order valence-corrected chi connectivity index (χ2v) is 5.69. The fourth-order valence-electron chi connectivity index (χ4n) is 2.53. The smallest absolute Gasteiger partial charge is 0.267 e. The molecule has 3 rings (SSSR count). The molecule has 0 radical (unpaired) electrons. The second-order valence-electron chi connectivity index (χ2n) is 5.69. The van der Waals surface area contributed by atoms with Crippen LogP contribution in [0.5, 0.6) is 0 Å². The Morgan fingerprint density at radius 1 is 1.25 bits per heavy atom. The first-order valence-corrected chi connectivity index (χ1v) is 7.87. The number of benzene rings is 1. The standard InChI is InChI=1S/C17H19N5O2/c1-13(12-21-11-5-10-18-21)19-17(24)15-8-9-16(23)22(20-15)14-6-3-2-4-7-14/h2-7,10-11,13H,8-9,12H2,1H3,(H,19,24)/t13-/m1/s1. The summed E-state index contributed by atoms with van der Waals surface area (Å²) in [6.07, 6.45) is 4.16. The molecule has 0 unspecified atom stereocenters. The molecule has 2 heterocycles. The number of nitrogens with zero attached hydrogens (tertiary/aromatic N) is 4. The fourth-order valence-corrected chi connectivity index (χ4v) is 2.53. The van der Waals surface area contributed by atoms with E-state index in [2.05, 4.69) is 15.5 Å². The van der Waals surface area contributed by atoms with Crippen LogP contribution in [0.1, 0.15) is 19.8 Å². The van der Waals surface area contributed by atoms with Crippen molar-refractivity contribution in [3.63, 3.8) is 0 Å². The molecule has 1 atom stereocenters. The molecular weight excluding hydrogens is 306 g/mol. The Morgan fingerprint density at radius 3 is 2.75 bits per heavy atom. The molecule has 1 aromatic heterocycles. The van der Waals surface area contributed by atoms with Gasteiger partial charge in [0.05, 0.1) is 12.2 Å². The quantitative estimate of drug-likeness (QED) is 0.906. The second kappa shape index (κ2) is 7.08. The van der Waals surface area contributed by atoms with Gasteiger partial charge in [0.1, 0.15) is 5.71 Å². The Morgan fingerprint density at radius 2 is 2.04 bits per heavy atom. The lowest BCUT2D eigenvalue weighted by Gasteiger charge is -2.24. The zero-order chi connectivity index (χ0) is 16.9. The van der Waals surface area contributed by atoms with Gasteiger partial charge in [0, 0.05) is 31.3 Å². The Hall–Kier alpha value is -2.96. The van der Waals surface area contributed by atoms with Crippen LogP contribution >= 0.6 is 0 Å². The van der Waals surface area contributed by atoms with E-state index in [1.807, 2.05) is 37.4 Å². The van der Waals surface area contributed by atoms with Crippen molar-refractivity contribution in [1.82, 2.24) is 15.1 Å². The lowest BCUT2D eigenvalue weighted by Crippen LogP contribution is -2.43. The predicted octanol–water partition coefficient (Wildman–Crippen LogP) is 1.57. The molecule has 1 N–H and O–H groups in total. The monoisotopic (exact) mass is 325 g/mol. The van der Waals surface area contributed by atoms with Crippen molar-refractivity contribution in [2.75, 3.05) is 5.01 Å². The van der Waals surface area contributed by atoms with Gasteiger partial charge in [-0.05, 0) is 25.1 Å². The Labute approximate surface area is 140 Å². The molecule has 0 saturated carbocycles. The number of para-hydroxylation sites is 1. The van der Waals surface area contributed by atoms with E-state index in [0.717, 1.165) is 0 Å². The molecule has 0 aliphatic carbocycles. The number of rotatable bonds is 5. The summed E-state index contributed by atoms with van der Waals surface area (Å²) in [5.41, 5.74) is 1.03. The molecule has 0 spiro atoms. The van der Waals surface area contributed by atoms with Crippen LogP contribution < -0.4 is 10.3 Å². The van der Waals surface area contributed by atoms with Gasteiger partial charge in [0.2, 0.25) is 5.91 Å². The highest BCUT2D eigenvalue weighted by atomic mass is 16.2. The van der Waals surface area contributed by atoms with E-state index in [-0.39, 0.29) is 24.3 Å². The maximum Gasteiger partial charge on any atom is 0.267 e. The molecule has 2 aromatic rings. The molecule has 2 amide bonds. The van der Waals surface area contributed by atoms with Gasteiger partial charge >= 0.3 is 0 Å². The van der Waals surface area contributed by atoms with Gasteiger partial charge in [-0.25, -0.2) is 5.01 Å².